The topological polar surface area (TPSA) is 43.1 Å². The third kappa shape index (κ3) is 16.1. The molecule has 0 aliphatic carbocycles. The third-order valence-corrected chi connectivity index (χ3v) is 4.44. The lowest BCUT2D eigenvalue weighted by atomic mass is 10.1. The lowest BCUT2D eigenvalue weighted by Crippen LogP contribution is -2.50. The molecule has 0 aromatic heterocycles. The van der Waals surface area contributed by atoms with Crippen LogP contribution in [0.15, 0.2) is 0 Å². The quantitative estimate of drug-likeness (QED) is 0.433. The molecule has 3 heteroatoms. The highest BCUT2D eigenvalue weighted by Crippen LogP contribution is 2.16. The Labute approximate surface area is 146 Å². The van der Waals surface area contributed by atoms with Gasteiger partial charge in [-0.25, -0.2) is 0 Å². The van der Waals surface area contributed by atoms with Crippen molar-refractivity contribution in [1.82, 2.24) is 0 Å². The van der Waals surface area contributed by atoms with E-state index in [2.05, 4.69) is 27.7 Å². The van der Waals surface area contributed by atoms with E-state index in [1.54, 1.807) is 0 Å². The molecule has 0 saturated heterocycles. The van der Waals surface area contributed by atoms with Gasteiger partial charge in [-0.2, -0.15) is 0 Å². The molecular weight excluding hydrogens is 284 g/mol. The molecule has 0 aromatic rings. The Hall–Kier alpha value is -0.570. The van der Waals surface area contributed by atoms with Gasteiger partial charge in [0.15, 0.2) is 0 Å². The van der Waals surface area contributed by atoms with Crippen molar-refractivity contribution in [2.75, 3.05) is 26.2 Å². The summed E-state index contributed by atoms with van der Waals surface area (Å²) >= 11 is 0. The largest absolute Gasteiger partial charge is 0.370 e. The maximum Gasteiger partial charge on any atom is 0.217 e. The van der Waals surface area contributed by atoms with Crippen LogP contribution in [0.1, 0.15) is 98.8 Å². The lowest BCUT2D eigenvalue weighted by molar-refractivity contribution is -0.929. The van der Waals surface area contributed by atoms with Crippen LogP contribution in [0.3, 0.4) is 0 Å². The molecule has 0 radical (unpaired) electrons. The van der Waals surface area contributed by atoms with Crippen molar-refractivity contribution in [2.24, 2.45) is 5.73 Å². The van der Waals surface area contributed by atoms with Crippen LogP contribution in [0.5, 0.6) is 0 Å². The van der Waals surface area contributed by atoms with E-state index in [-0.39, 0.29) is 5.91 Å². The molecule has 0 unspecified atom stereocenters. The van der Waals surface area contributed by atoms with E-state index in [1.807, 2.05) is 6.92 Å². The monoisotopic (exact) mass is 329 g/mol. The van der Waals surface area contributed by atoms with Gasteiger partial charge < -0.3 is 10.2 Å². The first-order valence-corrected chi connectivity index (χ1v) is 10.1. The highest BCUT2D eigenvalue weighted by molar-refractivity contribution is 5.73. The van der Waals surface area contributed by atoms with Crippen LogP contribution in [-0.2, 0) is 4.79 Å². The zero-order valence-corrected chi connectivity index (χ0v) is 16.8. The summed E-state index contributed by atoms with van der Waals surface area (Å²) in [6.07, 6.45) is 12.4. The van der Waals surface area contributed by atoms with Crippen LogP contribution in [-0.4, -0.2) is 36.6 Å². The molecule has 0 heterocycles. The standard InChI is InChI=1S/C16H36N.C4H9NO/c1-5-9-13-17(14-10-6-2,15-11-7-3)16-12-8-4;1-2-3-4(5)6/h5-16H2,1-4H3;2-3H2,1H3,(H2,5,6)/q+1;. The highest BCUT2D eigenvalue weighted by Gasteiger charge is 2.24. The van der Waals surface area contributed by atoms with Gasteiger partial charge in [0.2, 0.25) is 5.91 Å². The summed E-state index contributed by atoms with van der Waals surface area (Å²) in [5.41, 5.74) is 4.76. The summed E-state index contributed by atoms with van der Waals surface area (Å²) in [6, 6.07) is 0. The van der Waals surface area contributed by atoms with Crippen LogP contribution in [0.2, 0.25) is 0 Å². The minimum absolute atomic E-state index is 0.211. The number of amides is 1. The summed E-state index contributed by atoms with van der Waals surface area (Å²) in [7, 11) is 0. The molecule has 0 aromatic carbocycles. The molecule has 0 spiro atoms. The summed E-state index contributed by atoms with van der Waals surface area (Å²) in [4.78, 5) is 9.82. The number of unbranched alkanes of at least 4 members (excludes halogenated alkanes) is 4. The molecule has 140 valence electrons. The van der Waals surface area contributed by atoms with Crippen molar-refractivity contribution >= 4 is 5.91 Å². The second-order valence-corrected chi connectivity index (χ2v) is 6.87. The van der Waals surface area contributed by atoms with Gasteiger partial charge in [0.25, 0.3) is 0 Å². The van der Waals surface area contributed by atoms with Gasteiger partial charge in [-0.05, 0) is 32.1 Å². The number of hydrogen-bond acceptors (Lipinski definition) is 1. The summed E-state index contributed by atoms with van der Waals surface area (Å²) in [5, 5.41) is 0. The second-order valence-electron chi connectivity index (χ2n) is 6.87. The Morgan fingerprint density at radius 2 is 0.957 bits per heavy atom. The Morgan fingerprint density at radius 1 is 0.652 bits per heavy atom. The molecule has 23 heavy (non-hydrogen) atoms. The average Bonchev–Trinajstić information content (AvgIpc) is 2.54. The zero-order chi connectivity index (χ0) is 18.0. The van der Waals surface area contributed by atoms with E-state index >= 15 is 0 Å². The first-order chi connectivity index (χ1) is 11.0. The number of nitrogens with two attached hydrogens (primary N) is 1. The fourth-order valence-corrected chi connectivity index (χ4v) is 2.89. The van der Waals surface area contributed by atoms with Gasteiger partial charge in [0.05, 0.1) is 26.2 Å². The number of carbonyl (C=O) groups excluding carboxylic acids is 1. The molecule has 0 aliphatic rings. The fourth-order valence-electron chi connectivity index (χ4n) is 2.89. The number of nitrogens with zero attached hydrogens (tertiary/aromatic N) is 1. The number of quaternary nitrogens is 1. The van der Waals surface area contributed by atoms with E-state index in [9.17, 15) is 4.79 Å². The van der Waals surface area contributed by atoms with Crippen LogP contribution in [0.25, 0.3) is 0 Å². The molecule has 0 rings (SSSR count). The van der Waals surface area contributed by atoms with E-state index in [1.165, 1.54) is 82.0 Å². The van der Waals surface area contributed by atoms with Crippen molar-refractivity contribution in [3.63, 3.8) is 0 Å². The van der Waals surface area contributed by atoms with Crippen molar-refractivity contribution in [2.45, 2.75) is 98.8 Å². The van der Waals surface area contributed by atoms with Crippen LogP contribution < -0.4 is 5.73 Å². The van der Waals surface area contributed by atoms with Gasteiger partial charge in [-0.1, -0.05) is 60.3 Å². The summed E-state index contributed by atoms with van der Waals surface area (Å²) in [5.74, 6) is -0.211. The van der Waals surface area contributed by atoms with Crippen molar-refractivity contribution in [1.29, 1.82) is 0 Å². The Kier molecular flexibility index (Phi) is 19.1. The number of carbonyl (C=O) groups is 1. The summed E-state index contributed by atoms with van der Waals surface area (Å²) < 4.78 is 1.42. The van der Waals surface area contributed by atoms with Gasteiger partial charge in [-0.15, -0.1) is 0 Å². The second kappa shape index (κ2) is 17.8. The first-order valence-electron chi connectivity index (χ1n) is 10.1. The Bertz CT molecular complexity index is 217. The lowest BCUT2D eigenvalue weighted by Gasteiger charge is -2.39. The number of primary amides is 1. The predicted octanol–water partition coefficient (Wildman–Crippen LogP) is 5.28. The van der Waals surface area contributed by atoms with Crippen LogP contribution >= 0.6 is 0 Å². The fraction of sp³-hybridized carbons (Fsp3) is 0.950. The highest BCUT2D eigenvalue weighted by atomic mass is 16.1. The van der Waals surface area contributed by atoms with Crippen molar-refractivity contribution < 1.29 is 9.28 Å². The normalized spacial score (nSPS) is 11.0. The Morgan fingerprint density at radius 3 is 1.09 bits per heavy atom. The van der Waals surface area contributed by atoms with E-state index < -0.39 is 0 Å². The smallest absolute Gasteiger partial charge is 0.217 e. The maximum atomic E-state index is 9.82. The average molecular weight is 330 g/mol. The van der Waals surface area contributed by atoms with Gasteiger partial charge in [0.1, 0.15) is 0 Å². The molecule has 1 amide bonds. The molecule has 3 nitrogen and oxygen atoms in total. The van der Waals surface area contributed by atoms with Crippen molar-refractivity contribution in [3.8, 4) is 0 Å². The molecule has 2 N–H and O–H groups in total. The minimum Gasteiger partial charge on any atom is -0.370 e. The molecule has 0 fully saturated rings. The third-order valence-electron chi connectivity index (χ3n) is 4.44. The van der Waals surface area contributed by atoms with Gasteiger partial charge >= 0.3 is 0 Å². The number of hydrogen-bond donors (Lipinski definition) is 1. The molecule has 0 aliphatic heterocycles. The molecule has 0 bridgehead atoms. The predicted molar refractivity (Wildman–Crippen MR) is 103 cm³/mol. The summed E-state index contributed by atoms with van der Waals surface area (Å²) in [6.45, 7) is 16.9. The van der Waals surface area contributed by atoms with E-state index in [0.717, 1.165) is 6.42 Å². The first kappa shape index (κ1) is 24.7. The molecule has 0 saturated carbocycles. The molecule has 0 atom stereocenters. The Balaban J connectivity index is 0. The maximum absolute atomic E-state index is 9.82. The van der Waals surface area contributed by atoms with Crippen molar-refractivity contribution in [3.05, 3.63) is 0 Å². The van der Waals surface area contributed by atoms with E-state index in [4.69, 9.17) is 5.73 Å². The zero-order valence-electron chi connectivity index (χ0n) is 16.8. The minimum atomic E-state index is -0.211. The van der Waals surface area contributed by atoms with Gasteiger partial charge in [-0.3, -0.25) is 4.79 Å². The number of rotatable bonds is 14. The van der Waals surface area contributed by atoms with Crippen LogP contribution in [0, 0.1) is 0 Å². The SMILES string of the molecule is CCCC(N)=O.CCCC[N+](CCCC)(CCCC)CCCC. The van der Waals surface area contributed by atoms with Crippen LogP contribution in [0.4, 0.5) is 0 Å². The van der Waals surface area contributed by atoms with Gasteiger partial charge in [0, 0.05) is 6.42 Å². The molecular formula is C20H45N2O+. The van der Waals surface area contributed by atoms with E-state index in [0.29, 0.717) is 6.42 Å².